The van der Waals surface area contributed by atoms with E-state index in [1.807, 2.05) is 0 Å². The van der Waals surface area contributed by atoms with Crippen LogP contribution in [0.25, 0.3) is 0 Å². The summed E-state index contributed by atoms with van der Waals surface area (Å²) in [5.41, 5.74) is 8.83. The topological polar surface area (TPSA) is 44.9 Å². The summed E-state index contributed by atoms with van der Waals surface area (Å²) in [7, 11) is 0. The van der Waals surface area contributed by atoms with Gasteiger partial charge in [-0.3, -0.25) is 0 Å². The van der Waals surface area contributed by atoms with E-state index >= 15 is 0 Å². The maximum absolute atomic E-state index is 6.19. The van der Waals surface area contributed by atoms with Gasteiger partial charge in [0, 0.05) is 31.9 Å². The molecule has 2 fully saturated rings. The van der Waals surface area contributed by atoms with Crippen molar-refractivity contribution in [3.8, 4) is 0 Å². The molecule has 23 heavy (non-hydrogen) atoms. The number of aliphatic imine (C=N–C) groups is 1. The Bertz CT molecular complexity index is 505. The molecule has 1 aromatic rings. The minimum Gasteiger partial charge on any atom is -0.371 e. The molecule has 2 N–H and O–H groups in total. The fourth-order valence-electron chi connectivity index (χ4n) is 3.48. The highest BCUT2D eigenvalue weighted by Gasteiger charge is 2.15. The number of piperidine rings is 2. The predicted molar refractivity (Wildman–Crippen MR) is 109 cm³/mol. The molecule has 3 rings (SSSR count). The zero-order valence-electron chi connectivity index (χ0n) is 13.9. The molecule has 2 aliphatic rings. The summed E-state index contributed by atoms with van der Waals surface area (Å²) in [6.45, 7) is 5.14. The van der Waals surface area contributed by atoms with Crippen LogP contribution in [0.3, 0.4) is 0 Å². The highest BCUT2D eigenvalue weighted by Crippen LogP contribution is 2.24. The fourth-order valence-corrected chi connectivity index (χ4v) is 3.48. The summed E-state index contributed by atoms with van der Waals surface area (Å²) < 4.78 is 0. The smallest absolute Gasteiger partial charge is 0.191 e. The Hall–Kier alpha value is -0.980. The van der Waals surface area contributed by atoms with Gasteiger partial charge in [0.15, 0.2) is 5.96 Å². The van der Waals surface area contributed by atoms with Gasteiger partial charge in [-0.1, -0.05) is 18.2 Å². The second-order valence-corrected chi connectivity index (χ2v) is 6.40. The molecule has 0 aromatic heterocycles. The van der Waals surface area contributed by atoms with Gasteiger partial charge in [-0.2, -0.15) is 0 Å². The van der Waals surface area contributed by atoms with E-state index in [4.69, 9.17) is 5.73 Å². The lowest BCUT2D eigenvalue weighted by Crippen LogP contribution is -2.40. The van der Waals surface area contributed by atoms with Crippen LogP contribution in [0.4, 0.5) is 5.69 Å². The van der Waals surface area contributed by atoms with Gasteiger partial charge >= 0.3 is 0 Å². The number of benzene rings is 1. The average Bonchev–Trinajstić information content (AvgIpc) is 2.61. The van der Waals surface area contributed by atoms with E-state index in [0.29, 0.717) is 12.5 Å². The number of hydrogen-bond acceptors (Lipinski definition) is 2. The molecule has 2 aliphatic heterocycles. The molecule has 5 heteroatoms. The lowest BCUT2D eigenvalue weighted by molar-refractivity contribution is 0.338. The van der Waals surface area contributed by atoms with Crippen LogP contribution in [0.15, 0.2) is 29.3 Å². The van der Waals surface area contributed by atoms with E-state index in [2.05, 4.69) is 39.1 Å². The van der Waals surface area contributed by atoms with Gasteiger partial charge in [0.05, 0.1) is 6.54 Å². The molecule has 4 nitrogen and oxygen atoms in total. The van der Waals surface area contributed by atoms with Crippen molar-refractivity contribution in [2.75, 3.05) is 31.1 Å². The van der Waals surface area contributed by atoms with E-state index in [9.17, 15) is 0 Å². The van der Waals surface area contributed by atoms with Crippen LogP contribution < -0.4 is 10.6 Å². The predicted octanol–water partition coefficient (Wildman–Crippen LogP) is 3.60. The van der Waals surface area contributed by atoms with Crippen LogP contribution in [0.2, 0.25) is 0 Å². The first-order valence-electron chi connectivity index (χ1n) is 8.72. The number of halogens is 1. The van der Waals surface area contributed by atoms with E-state index in [1.165, 1.54) is 62.9 Å². The molecule has 2 heterocycles. The van der Waals surface area contributed by atoms with Gasteiger partial charge < -0.3 is 15.5 Å². The first kappa shape index (κ1) is 18.4. The van der Waals surface area contributed by atoms with Crippen LogP contribution >= 0.6 is 24.0 Å². The van der Waals surface area contributed by atoms with Crippen molar-refractivity contribution in [1.82, 2.24) is 4.90 Å². The highest BCUT2D eigenvalue weighted by molar-refractivity contribution is 14.0. The van der Waals surface area contributed by atoms with Gasteiger partial charge in [-0.15, -0.1) is 24.0 Å². The van der Waals surface area contributed by atoms with Crippen molar-refractivity contribution in [1.29, 1.82) is 0 Å². The van der Waals surface area contributed by atoms with Crippen molar-refractivity contribution in [2.24, 2.45) is 10.7 Å². The lowest BCUT2D eigenvalue weighted by Gasteiger charge is -2.30. The van der Waals surface area contributed by atoms with Gasteiger partial charge in [0.25, 0.3) is 0 Å². The Labute approximate surface area is 157 Å². The zero-order valence-corrected chi connectivity index (χ0v) is 16.2. The number of likely N-dealkylation sites (tertiary alicyclic amines) is 1. The molecule has 0 amide bonds. The third kappa shape index (κ3) is 4.99. The summed E-state index contributed by atoms with van der Waals surface area (Å²) >= 11 is 0. The highest BCUT2D eigenvalue weighted by atomic mass is 127. The summed E-state index contributed by atoms with van der Waals surface area (Å²) in [4.78, 5) is 9.40. The first-order chi connectivity index (χ1) is 10.8. The Morgan fingerprint density at radius 2 is 1.52 bits per heavy atom. The molecule has 0 aliphatic carbocycles. The molecule has 1 aromatic carbocycles. The quantitative estimate of drug-likeness (QED) is 0.455. The van der Waals surface area contributed by atoms with Gasteiger partial charge in [-0.05, 0) is 50.2 Å². The molecule has 0 saturated carbocycles. The van der Waals surface area contributed by atoms with Crippen molar-refractivity contribution >= 4 is 35.6 Å². The Balaban J connectivity index is 0.00000192. The van der Waals surface area contributed by atoms with Gasteiger partial charge in [-0.25, -0.2) is 4.99 Å². The number of rotatable bonds is 3. The molecule has 0 unspecified atom stereocenters. The number of guanidine groups is 1. The Morgan fingerprint density at radius 3 is 2.22 bits per heavy atom. The fraction of sp³-hybridized carbons (Fsp3) is 0.611. The van der Waals surface area contributed by atoms with Gasteiger partial charge in [0.2, 0.25) is 0 Å². The number of para-hydroxylation sites is 1. The summed E-state index contributed by atoms with van der Waals surface area (Å²) in [6, 6.07) is 8.66. The van der Waals surface area contributed by atoms with Crippen LogP contribution in [-0.4, -0.2) is 37.0 Å². The SMILES string of the molecule is I.NC(=NCc1ccccc1N1CCCCC1)N1CCCCC1. The Morgan fingerprint density at radius 1 is 0.913 bits per heavy atom. The maximum Gasteiger partial charge on any atom is 0.191 e. The monoisotopic (exact) mass is 428 g/mol. The molecule has 0 atom stereocenters. The standard InChI is InChI=1S/C18H28N4.HI/c19-18(22-13-7-2-8-14-22)20-15-16-9-3-4-10-17(16)21-11-5-1-6-12-21;/h3-4,9-10H,1-2,5-8,11-15H2,(H2,19,20);1H. The number of nitrogens with zero attached hydrogens (tertiary/aromatic N) is 3. The average molecular weight is 428 g/mol. The van der Waals surface area contributed by atoms with Gasteiger partial charge in [0.1, 0.15) is 0 Å². The summed E-state index contributed by atoms with van der Waals surface area (Å²) in [6.07, 6.45) is 7.75. The van der Waals surface area contributed by atoms with E-state index in [1.54, 1.807) is 0 Å². The van der Waals surface area contributed by atoms with Crippen LogP contribution in [0, 0.1) is 0 Å². The van der Waals surface area contributed by atoms with Crippen LogP contribution in [0.5, 0.6) is 0 Å². The number of nitrogens with two attached hydrogens (primary N) is 1. The Kier molecular flexibility index (Phi) is 7.46. The van der Waals surface area contributed by atoms with Crippen molar-refractivity contribution in [3.05, 3.63) is 29.8 Å². The molecule has 0 radical (unpaired) electrons. The van der Waals surface area contributed by atoms with Crippen molar-refractivity contribution in [3.63, 3.8) is 0 Å². The first-order valence-corrected chi connectivity index (χ1v) is 8.72. The minimum absolute atomic E-state index is 0. The lowest BCUT2D eigenvalue weighted by atomic mass is 10.1. The second kappa shape index (κ2) is 9.35. The summed E-state index contributed by atoms with van der Waals surface area (Å²) in [5.74, 6) is 0.716. The molecule has 0 spiro atoms. The minimum atomic E-state index is 0. The number of anilines is 1. The van der Waals surface area contributed by atoms with E-state index in [-0.39, 0.29) is 24.0 Å². The van der Waals surface area contributed by atoms with E-state index in [0.717, 1.165) is 13.1 Å². The third-order valence-electron chi connectivity index (χ3n) is 4.78. The van der Waals surface area contributed by atoms with E-state index < -0.39 is 0 Å². The third-order valence-corrected chi connectivity index (χ3v) is 4.78. The largest absolute Gasteiger partial charge is 0.371 e. The number of hydrogen-bond donors (Lipinski definition) is 1. The molecular formula is C18H29IN4. The normalized spacial score (nSPS) is 19.4. The molecular weight excluding hydrogens is 399 g/mol. The second-order valence-electron chi connectivity index (χ2n) is 6.40. The molecule has 128 valence electrons. The maximum atomic E-state index is 6.19. The zero-order chi connectivity index (χ0) is 15.2. The van der Waals surface area contributed by atoms with Crippen molar-refractivity contribution in [2.45, 2.75) is 45.1 Å². The molecule has 0 bridgehead atoms. The van der Waals surface area contributed by atoms with Crippen LogP contribution in [-0.2, 0) is 6.54 Å². The molecule has 2 saturated heterocycles. The van der Waals surface area contributed by atoms with Crippen LogP contribution in [0.1, 0.15) is 44.1 Å². The summed E-state index contributed by atoms with van der Waals surface area (Å²) in [5, 5.41) is 0. The van der Waals surface area contributed by atoms with Crippen molar-refractivity contribution < 1.29 is 0 Å².